The van der Waals surface area contributed by atoms with Gasteiger partial charge in [-0.25, -0.2) is 0 Å². The molecule has 0 aliphatic heterocycles. The number of fused-ring (bicyclic) bond motifs is 2. The number of esters is 2. The highest BCUT2D eigenvalue weighted by Crippen LogP contribution is 2.42. The van der Waals surface area contributed by atoms with E-state index in [1.807, 2.05) is 0 Å². The molecule has 2 aromatic carbocycles. The zero-order chi connectivity index (χ0) is 19.9. The highest BCUT2D eigenvalue weighted by Gasteiger charge is 2.36. The number of hydrogen-bond donors (Lipinski definition) is 0. The van der Waals surface area contributed by atoms with Crippen LogP contribution in [0, 0.1) is 6.92 Å². The van der Waals surface area contributed by atoms with Crippen LogP contribution in [0.2, 0.25) is 0 Å². The minimum atomic E-state index is -0.600. The predicted octanol–water partition coefficient (Wildman–Crippen LogP) is 2.63. The highest BCUT2D eigenvalue weighted by molar-refractivity contribution is 6.30. The van der Waals surface area contributed by atoms with Gasteiger partial charge in [0.1, 0.15) is 5.75 Å². The minimum Gasteiger partial charge on any atom is -0.492 e. The van der Waals surface area contributed by atoms with Gasteiger partial charge in [-0.15, -0.1) is 0 Å². The SMILES string of the molecule is COc1c(OC(C)=O)ccc2c1C(=O)c1cc(C)cc(OC(C)=O)c1C2=O. The maximum Gasteiger partial charge on any atom is 0.308 e. The third kappa shape index (κ3) is 3.08. The van der Waals surface area contributed by atoms with Gasteiger partial charge in [0.2, 0.25) is 0 Å². The Labute approximate surface area is 154 Å². The second-order valence-corrected chi connectivity index (χ2v) is 6.05. The molecule has 0 N–H and O–H groups in total. The second-order valence-electron chi connectivity index (χ2n) is 6.05. The van der Waals surface area contributed by atoms with Crippen molar-refractivity contribution >= 4 is 23.5 Å². The van der Waals surface area contributed by atoms with E-state index in [1.54, 1.807) is 13.0 Å². The van der Waals surface area contributed by atoms with Crippen LogP contribution in [0.25, 0.3) is 0 Å². The molecule has 0 spiro atoms. The Bertz CT molecular complexity index is 1020. The summed E-state index contributed by atoms with van der Waals surface area (Å²) in [4.78, 5) is 48.9. The lowest BCUT2D eigenvalue weighted by Gasteiger charge is -2.23. The minimum absolute atomic E-state index is 0.00208. The van der Waals surface area contributed by atoms with Crippen LogP contribution < -0.4 is 14.2 Å². The maximum absolute atomic E-state index is 13.1. The molecule has 0 fully saturated rings. The summed E-state index contributed by atoms with van der Waals surface area (Å²) < 4.78 is 15.5. The van der Waals surface area contributed by atoms with Gasteiger partial charge in [0.25, 0.3) is 0 Å². The molecule has 0 unspecified atom stereocenters. The first-order valence-electron chi connectivity index (χ1n) is 8.06. The Kier molecular flexibility index (Phi) is 4.53. The lowest BCUT2D eigenvalue weighted by molar-refractivity contribution is -0.132. The lowest BCUT2D eigenvalue weighted by Crippen LogP contribution is -2.24. The van der Waals surface area contributed by atoms with Crippen molar-refractivity contribution in [2.75, 3.05) is 7.11 Å². The molecule has 0 heterocycles. The molecule has 0 saturated carbocycles. The van der Waals surface area contributed by atoms with Crippen LogP contribution in [0.15, 0.2) is 24.3 Å². The number of ketones is 2. The number of hydrogen-bond acceptors (Lipinski definition) is 7. The van der Waals surface area contributed by atoms with Gasteiger partial charge in [0, 0.05) is 25.0 Å². The second kappa shape index (κ2) is 6.68. The smallest absolute Gasteiger partial charge is 0.308 e. The van der Waals surface area contributed by atoms with E-state index in [2.05, 4.69) is 0 Å². The van der Waals surface area contributed by atoms with Gasteiger partial charge in [0.05, 0.1) is 18.2 Å². The van der Waals surface area contributed by atoms with Crippen molar-refractivity contribution in [3.05, 3.63) is 52.1 Å². The molecular weight excluding hydrogens is 352 g/mol. The molecule has 0 atom stereocenters. The van der Waals surface area contributed by atoms with Crippen LogP contribution in [0.1, 0.15) is 51.3 Å². The van der Waals surface area contributed by atoms with Crippen LogP contribution in [-0.2, 0) is 9.59 Å². The number of aryl methyl sites for hydroxylation is 1. The Morgan fingerprint density at radius 2 is 1.41 bits per heavy atom. The van der Waals surface area contributed by atoms with Crippen molar-refractivity contribution in [1.29, 1.82) is 0 Å². The zero-order valence-electron chi connectivity index (χ0n) is 15.2. The van der Waals surface area contributed by atoms with Crippen LogP contribution in [-0.4, -0.2) is 30.6 Å². The Balaban J connectivity index is 2.28. The van der Waals surface area contributed by atoms with Crippen molar-refractivity contribution < 1.29 is 33.4 Å². The summed E-state index contributed by atoms with van der Waals surface area (Å²) in [6.07, 6.45) is 0. The summed E-state index contributed by atoms with van der Waals surface area (Å²) in [7, 11) is 1.32. The predicted molar refractivity (Wildman–Crippen MR) is 93.7 cm³/mol. The number of rotatable bonds is 3. The van der Waals surface area contributed by atoms with E-state index in [0.29, 0.717) is 5.56 Å². The van der Waals surface area contributed by atoms with E-state index >= 15 is 0 Å². The molecule has 7 heteroatoms. The van der Waals surface area contributed by atoms with Gasteiger partial charge >= 0.3 is 11.9 Å². The van der Waals surface area contributed by atoms with Gasteiger partial charge in [-0.05, 0) is 36.8 Å². The Hall–Kier alpha value is -3.48. The third-order valence-electron chi connectivity index (χ3n) is 4.02. The maximum atomic E-state index is 13.1. The van der Waals surface area contributed by atoms with Crippen molar-refractivity contribution in [2.45, 2.75) is 20.8 Å². The summed E-state index contributed by atoms with van der Waals surface area (Å²) in [5, 5.41) is 0. The van der Waals surface area contributed by atoms with Gasteiger partial charge in [-0.3, -0.25) is 19.2 Å². The van der Waals surface area contributed by atoms with Crippen molar-refractivity contribution in [3.8, 4) is 17.2 Å². The van der Waals surface area contributed by atoms with Crippen molar-refractivity contribution in [1.82, 2.24) is 0 Å². The number of carbonyl (C=O) groups is 4. The third-order valence-corrected chi connectivity index (χ3v) is 4.02. The van der Waals surface area contributed by atoms with Crippen LogP contribution >= 0.6 is 0 Å². The van der Waals surface area contributed by atoms with Gasteiger partial charge in [-0.2, -0.15) is 0 Å². The first kappa shape index (κ1) is 18.3. The summed E-state index contributed by atoms with van der Waals surface area (Å²) >= 11 is 0. The van der Waals surface area contributed by atoms with Crippen LogP contribution in [0.5, 0.6) is 17.2 Å². The normalized spacial score (nSPS) is 12.1. The van der Waals surface area contributed by atoms with E-state index in [4.69, 9.17) is 14.2 Å². The van der Waals surface area contributed by atoms with Gasteiger partial charge in [-0.1, -0.05) is 0 Å². The molecule has 2 aromatic rings. The molecule has 0 amide bonds. The van der Waals surface area contributed by atoms with Crippen LogP contribution in [0.4, 0.5) is 0 Å². The monoisotopic (exact) mass is 368 g/mol. The first-order chi connectivity index (χ1) is 12.7. The molecule has 138 valence electrons. The molecule has 27 heavy (non-hydrogen) atoms. The molecule has 3 rings (SSSR count). The molecule has 0 aromatic heterocycles. The molecule has 1 aliphatic carbocycles. The average Bonchev–Trinajstić information content (AvgIpc) is 2.57. The Morgan fingerprint density at radius 3 is 2.00 bits per heavy atom. The molecule has 0 saturated heterocycles. The Morgan fingerprint density at radius 1 is 0.815 bits per heavy atom. The quantitative estimate of drug-likeness (QED) is 0.518. The largest absolute Gasteiger partial charge is 0.492 e. The van der Waals surface area contributed by atoms with Crippen molar-refractivity contribution in [2.24, 2.45) is 0 Å². The molecule has 7 nitrogen and oxygen atoms in total. The van der Waals surface area contributed by atoms with E-state index < -0.39 is 23.5 Å². The standard InChI is InChI=1S/C20H16O7/c1-9-7-13-16(15(8-9)27-11(3)22)18(23)12-5-6-14(26-10(2)21)20(25-4)17(12)19(13)24/h5-8H,1-4H3. The summed E-state index contributed by atoms with van der Waals surface area (Å²) in [5.41, 5.74) is 0.855. The van der Waals surface area contributed by atoms with E-state index in [0.717, 1.165) is 0 Å². The number of benzene rings is 2. The van der Waals surface area contributed by atoms with E-state index in [1.165, 1.54) is 39.2 Å². The summed E-state index contributed by atoms with van der Waals surface area (Å²) in [5.74, 6) is -2.08. The molecule has 0 radical (unpaired) electrons. The van der Waals surface area contributed by atoms with Gasteiger partial charge in [0.15, 0.2) is 23.1 Å². The van der Waals surface area contributed by atoms with Crippen molar-refractivity contribution in [3.63, 3.8) is 0 Å². The topological polar surface area (TPSA) is 96.0 Å². The lowest BCUT2D eigenvalue weighted by atomic mass is 9.82. The number of ether oxygens (including phenoxy) is 3. The fourth-order valence-electron chi connectivity index (χ4n) is 3.09. The fraction of sp³-hybridized carbons (Fsp3) is 0.200. The van der Waals surface area contributed by atoms with E-state index in [-0.39, 0.29) is 39.5 Å². The number of carbonyl (C=O) groups excluding carboxylic acids is 4. The fourth-order valence-corrected chi connectivity index (χ4v) is 3.09. The highest BCUT2D eigenvalue weighted by atomic mass is 16.6. The molecule has 0 bridgehead atoms. The summed E-state index contributed by atoms with van der Waals surface area (Å²) in [6.45, 7) is 4.15. The van der Waals surface area contributed by atoms with E-state index in [9.17, 15) is 19.2 Å². The first-order valence-corrected chi connectivity index (χ1v) is 8.06. The number of methoxy groups -OCH3 is 1. The average molecular weight is 368 g/mol. The zero-order valence-corrected chi connectivity index (χ0v) is 15.2. The molecular formula is C20H16O7. The molecule has 1 aliphatic rings. The van der Waals surface area contributed by atoms with Crippen LogP contribution in [0.3, 0.4) is 0 Å². The van der Waals surface area contributed by atoms with Gasteiger partial charge < -0.3 is 14.2 Å². The summed E-state index contributed by atoms with van der Waals surface area (Å²) in [6, 6.07) is 5.84.